The van der Waals surface area contributed by atoms with E-state index in [4.69, 9.17) is 10.6 Å². The summed E-state index contributed by atoms with van der Waals surface area (Å²) >= 11 is 0. The fourth-order valence-corrected chi connectivity index (χ4v) is 2.61. The molecule has 1 atom stereocenters. The van der Waals surface area contributed by atoms with E-state index in [1.165, 1.54) is 6.07 Å². The normalized spacial score (nSPS) is 18.8. The Morgan fingerprint density at radius 1 is 1.44 bits per heavy atom. The van der Waals surface area contributed by atoms with Crippen LogP contribution in [0.4, 0.5) is 4.39 Å². The number of hydrogen-bond donors (Lipinski definition) is 2. The van der Waals surface area contributed by atoms with Crippen LogP contribution in [0.5, 0.6) is 0 Å². The zero-order valence-corrected chi connectivity index (χ0v) is 10.8. The van der Waals surface area contributed by atoms with Gasteiger partial charge in [-0.2, -0.15) is 0 Å². The zero-order valence-electron chi connectivity index (χ0n) is 10.8. The molecule has 0 aliphatic carbocycles. The van der Waals surface area contributed by atoms with Crippen molar-refractivity contribution < 1.29 is 9.13 Å². The van der Waals surface area contributed by atoms with E-state index in [0.29, 0.717) is 5.92 Å². The van der Waals surface area contributed by atoms with Crippen molar-refractivity contribution in [3.05, 3.63) is 35.1 Å². The van der Waals surface area contributed by atoms with E-state index in [-0.39, 0.29) is 11.9 Å². The van der Waals surface area contributed by atoms with Crippen LogP contribution in [0.2, 0.25) is 0 Å². The predicted octanol–water partition coefficient (Wildman–Crippen LogP) is 1.94. The van der Waals surface area contributed by atoms with Crippen molar-refractivity contribution in [3.8, 4) is 0 Å². The number of nitrogens with two attached hydrogens (primary N) is 1. The van der Waals surface area contributed by atoms with Gasteiger partial charge in [-0.05, 0) is 55.4 Å². The molecule has 2 rings (SSSR count). The summed E-state index contributed by atoms with van der Waals surface area (Å²) in [4.78, 5) is 0. The van der Waals surface area contributed by atoms with Gasteiger partial charge in [0.2, 0.25) is 0 Å². The molecule has 1 aliphatic heterocycles. The van der Waals surface area contributed by atoms with E-state index in [1.807, 2.05) is 13.0 Å². The van der Waals surface area contributed by atoms with Crippen LogP contribution in [-0.4, -0.2) is 19.3 Å². The summed E-state index contributed by atoms with van der Waals surface area (Å²) in [6, 6.07) is 5.18. The lowest BCUT2D eigenvalue weighted by atomic mass is 9.87. The average Bonchev–Trinajstić information content (AvgIpc) is 2.39. The Bertz CT molecular complexity index is 391. The van der Waals surface area contributed by atoms with Crippen LogP contribution in [0.15, 0.2) is 18.2 Å². The number of hydrogen-bond acceptors (Lipinski definition) is 3. The van der Waals surface area contributed by atoms with Crippen LogP contribution in [0, 0.1) is 18.7 Å². The maximum Gasteiger partial charge on any atom is 0.123 e. The van der Waals surface area contributed by atoms with Gasteiger partial charge in [0.05, 0.1) is 0 Å². The van der Waals surface area contributed by atoms with Crippen molar-refractivity contribution in [1.29, 1.82) is 0 Å². The first-order chi connectivity index (χ1) is 8.70. The molecule has 3 N–H and O–H groups in total. The molecule has 0 spiro atoms. The SMILES string of the molecule is Cc1cc(F)ccc1CC(NN)C1CCOCC1. The monoisotopic (exact) mass is 252 g/mol. The summed E-state index contributed by atoms with van der Waals surface area (Å²) in [5.41, 5.74) is 5.06. The smallest absolute Gasteiger partial charge is 0.123 e. The van der Waals surface area contributed by atoms with Crippen LogP contribution in [0.1, 0.15) is 24.0 Å². The molecule has 0 aromatic heterocycles. The minimum atomic E-state index is -0.181. The Morgan fingerprint density at radius 2 is 2.17 bits per heavy atom. The number of hydrazine groups is 1. The van der Waals surface area contributed by atoms with Gasteiger partial charge in [0.1, 0.15) is 5.82 Å². The van der Waals surface area contributed by atoms with E-state index in [1.54, 1.807) is 6.07 Å². The highest BCUT2D eigenvalue weighted by Gasteiger charge is 2.23. The van der Waals surface area contributed by atoms with Crippen LogP contribution < -0.4 is 11.3 Å². The van der Waals surface area contributed by atoms with Gasteiger partial charge in [-0.25, -0.2) is 4.39 Å². The van der Waals surface area contributed by atoms with Crippen molar-refractivity contribution in [2.45, 2.75) is 32.2 Å². The first kappa shape index (κ1) is 13.5. The molecule has 0 amide bonds. The second-order valence-electron chi connectivity index (χ2n) is 5.00. The summed E-state index contributed by atoms with van der Waals surface area (Å²) in [7, 11) is 0. The van der Waals surface area contributed by atoms with Crippen molar-refractivity contribution in [2.75, 3.05) is 13.2 Å². The topological polar surface area (TPSA) is 47.3 Å². The van der Waals surface area contributed by atoms with Gasteiger partial charge >= 0.3 is 0 Å². The van der Waals surface area contributed by atoms with Crippen molar-refractivity contribution in [1.82, 2.24) is 5.43 Å². The molecule has 4 heteroatoms. The molecule has 0 saturated carbocycles. The summed E-state index contributed by atoms with van der Waals surface area (Å²) in [5, 5.41) is 0. The van der Waals surface area contributed by atoms with Gasteiger partial charge < -0.3 is 4.74 Å². The third-order valence-electron chi connectivity index (χ3n) is 3.79. The van der Waals surface area contributed by atoms with E-state index in [0.717, 1.165) is 43.6 Å². The lowest BCUT2D eigenvalue weighted by Gasteiger charge is -2.30. The van der Waals surface area contributed by atoms with Crippen molar-refractivity contribution in [2.24, 2.45) is 11.8 Å². The first-order valence-corrected chi connectivity index (χ1v) is 6.49. The molecule has 100 valence electrons. The molecule has 18 heavy (non-hydrogen) atoms. The van der Waals surface area contributed by atoms with Gasteiger partial charge in [0.15, 0.2) is 0 Å². The summed E-state index contributed by atoms with van der Waals surface area (Å²) in [5.74, 6) is 6.02. The molecule has 1 aromatic carbocycles. The number of aryl methyl sites for hydroxylation is 1. The fraction of sp³-hybridized carbons (Fsp3) is 0.571. The van der Waals surface area contributed by atoms with E-state index < -0.39 is 0 Å². The minimum Gasteiger partial charge on any atom is -0.381 e. The number of nitrogens with one attached hydrogen (secondary N) is 1. The highest BCUT2D eigenvalue weighted by molar-refractivity contribution is 5.27. The Labute approximate surface area is 107 Å². The second kappa shape index (κ2) is 6.27. The molecular formula is C14H21FN2O. The predicted molar refractivity (Wildman–Crippen MR) is 69.5 cm³/mol. The fourth-order valence-electron chi connectivity index (χ4n) is 2.61. The molecular weight excluding hydrogens is 231 g/mol. The Balaban J connectivity index is 2.04. The van der Waals surface area contributed by atoms with Crippen LogP contribution in [0.25, 0.3) is 0 Å². The molecule has 1 aromatic rings. The Kier molecular flexibility index (Phi) is 4.69. The molecule has 1 unspecified atom stereocenters. The van der Waals surface area contributed by atoms with Crippen LogP contribution in [-0.2, 0) is 11.2 Å². The highest BCUT2D eigenvalue weighted by atomic mass is 19.1. The zero-order chi connectivity index (χ0) is 13.0. The number of rotatable bonds is 4. The number of ether oxygens (including phenoxy) is 1. The Hall–Kier alpha value is -0.970. The molecule has 1 aliphatic rings. The highest BCUT2D eigenvalue weighted by Crippen LogP contribution is 2.22. The standard InChI is InChI=1S/C14H21FN2O/c1-10-8-13(15)3-2-12(10)9-14(17-16)11-4-6-18-7-5-11/h2-3,8,11,14,17H,4-7,9,16H2,1H3. The van der Waals surface area contributed by atoms with Crippen molar-refractivity contribution >= 4 is 0 Å². The first-order valence-electron chi connectivity index (χ1n) is 6.49. The number of benzene rings is 1. The van der Waals surface area contributed by atoms with Gasteiger partial charge in [-0.3, -0.25) is 11.3 Å². The lowest BCUT2D eigenvalue weighted by molar-refractivity contribution is 0.0537. The van der Waals surface area contributed by atoms with Gasteiger partial charge in [0.25, 0.3) is 0 Å². The van der Waals surface area contributed by atoms with Gasteiger partial charge in [0, 0.05) is 19.3 Å². The molecule has 1 saturated heterocycles. The summed E-state index contributed by atoms with van der Waals surface area (Å²) in [6.45, 7) is 3.56. The quantitative estimate of drug-likeness (QED) is 0.636. The van der Waals surface area contributed by atoms with E-state index in [9.17, 15) is 4.39 Å². The van der Waals surface area contributed by atoms with E-state index in [2.05, 4.69) is 5.43 Å². The third kappa shape index (κ3) is 3.28. The maximum absolute atomic E-state index is 13.1. The average molecular weight is 252 g/mol. The largest absolute Gasteiger partial charge is 0.381 e. The summed E-state index contributed by atoms with van der Waals surface area (Å²) < 4.78 is 18.4. The Morgan fingerprint density at radius 3 is 2.78 bits per heavy atom. The maximum atomic E-state index is 13.1. The third-order valence-corrected chi connectivity index (χ3v) is 3.79. The lowest BCUT2D eigenvalue weighted by Crippen LogP contribution is -2.44. The molecule has 1 fully saturated rings. The second-order valence-corrected chi connectivity index (χ2v) is 5.00. The van der Waals surface area contributed by atoms with Crippen LogP contribution >= 0.6 is 0 Å². The summed E-state index contributed by atoms with van der Waals surface area (Å²) in [6.07, 6.45) is 2.91. The van der Waals surface area contributed by atoms with Crippen molar-refractivity contribution in [3.63, 3.8) is 0 Å². The molecule has 0 bridgehead atoms. The minimum absolute atomic E-state index is 0.181. The molecule has 0 radical (unpaired) electrons. The van der Waals surface area contributed by atoms with Crippen LogP contribution in [0.3, 0.4) is 0 Å². The van der Waals surface area contributed by atoms with Gasteiger partial charge in [-0.1, -0.05) is 6.07 Å². The van der Waals surface area contributed by atoms with E-state index >= 15 is 0 Å². The number of halogens is 1. The molecule has 3 nitrogen and oxygen atoms in total. The van der Waals surface area contributed by atoms with Gasteiger partial charge in [-0.15, -0.1) is 0 Å². The molecule has 1 heterocycles.